The van der Waals surface area contributed by atoms with E-state index in [1.165, 1.54) is 22.4 Å². The van der Waals surface area contributed by atoms with E-state index >= 15 is 0 Å². The maximum atomic E-state index is 3.18. The highest BCUT2D eigenvalue weighted by atomic mass is 15.1. The Morgan fingerprint density at radius 2 is 1.80 bits per heavy atom. The van der Waals surface area contributed by atoms with Gasteiger partial charge < -0.3 is 10.2 Å². The highest BCUT2D eigenvalue weighted by molar-refractivity contribution is 5.57. The van der Waals surface area contributed by atoms with E-state index in [2.05, 4.69) is 73.6 Å². The van der Waals surface area contributed by atoms with Crippen LogP contribution in [0.3, 0.4) is 0 Å². The predicted molar refractivity (Wildman–Crippen MR) is 88.9 cm³/mol. The zero-order valence-corrected chi connectivity index (χ0v) is 12.9. The summed E-state index contributed by atoms with van der Waals surface area (Å²) in [7, 11) is 4.10. The zero-order valence-electron chi connectivity index (χ0n) is 12.9. The molecule has 0 aliphatic heterocycles. The molecule has 0 atom stereocenters. The minimum atomic E-state index is 1.02. The summed E-state index contributed by atoms with van der Waals surface area (Å²) in [5.74, 6) is 0. The fourth-order valence-electron chi connectivity index (χ4n) is 2.28. The highest BCUT2D eigenvalue weighted by Gasteiger charge is 2.03. The van der Waals surface area contributed by atoms with Crippen molar-refractivity contribution in [1.29, 1.82) is 0 Å². The summed E-state index contributed by atoms with van der Waals surface area (Å²) < 4.78 is 0. The lowest BCUT2D eigenvalue weighted by Crippen LogP contribution is -2.20. The smallest absolute Gasteiger partial charge is 0.0384 e. The van der Waals surface area contributed by atoms with Gasteiger partial charge in [0, 0.05) is 32.0 Å². The molecule has 0 aromatic heterocycles. The van der Waals surface area contributed by atoms with Crippen LogP contribution in [0.15, 0.2) is 42.5 Å². The molecular weight excluding hydrogens is 244 g/mol. The molecule has 0 bridgehead atoms. The topological polar surface area (TPSA) is 15.3 Å². The summed E-state index contributed by atoms with van der Waals surface area (Å²) in [5.41, 5.74) is 6.55. The Kier molecular flexibility index (Phi) is 4.67. The Balaban J connectivity index is 2.00. The van der Waals surface area contributed by atoms with E-state index in [9.17, 15) is 0 Å². The van der Waals surface area contributed by atoms with Gasteiger partial charge in [-0.1, -0.05) is 24.3 Å². The van der Waals surface area contributed by atoms with E-state index in [0.29, 0.717) is 0 Å². The number of nitrogens with one attached hydrogen (secondary N) is 1. The van der Waals surface area contributed by atoms with Crippen LogP contribution in [-0.4, -0.2) is 20.6 Å². The van der Waals surface area contributed by atoms with Gasteiger partial charge in [0.15, 0.2) is 0 Å². The van der Waals surface area contributed by atoms with Crippen molar-refractivity contribution in [2.75, 3.05) is 30.9 Å². The third-order valence-corrected chi connectivity index (χ3v) is 3.88. The van der Waals surface area contributed by atoms with Gasteiger partial charge in [0.05, 0.1) is 0 Å². The van der Waals surface area contributed by atoms with E-state index in [0.717, 1.165) is 18.7 Å². The van der Waals surface area contributed by atoms with Gasteiger partial charge in [0.1, 0.15) is 0 Å². The van der Waals surface area contributed by atoms with Crippen LogP contribution in [0.5, 0.6) is 0 Å². The molecule has 1 N–H and O–H groups in total. The van der Waals surface area contributed by atoms with Crippen molar-refractivity contribution in [2.24, 2.45) is 0 Å². The van der Waals surface area contributed by atoms with Crippen LogP contribution >= 0.6 is 0 Å². The normalized spacial score (nSPS) is 10.4. The molecule has 0 aliphatic rings. The van der Waals surface area contributed by atoms with Crippen LogP contribution < -0.4 is 10.2 Å². The first-order chi connectivity index (χ1) is 9.60. The number of anilines is 2. The number of nitrogens with zero attached hydrogens (tertiary/aromatic N) is 1. The molecule has 20 heavy (non-hydrogen) atoms. The fraction of sp³-hybridized carbons (Fsp3) is 0.333. The van der Waals surface area contributed by atoms with Gasteiger partial charge >= 0.3 is 0 Å². The van der Waals surface area contributed by atoms with Crippen molar-refractivity contribution >= 4 is 11.4 Å². The molecule has 0 heterocycles. The first-order valence-corrected chi connectivity index (χ1v) is 7.15. The standard InChI is InChI=1S/C18H24N2/c1-14-8-9-16(12-15(14)2)10-11-20(4)18-7-5-6-17(13-18)19-3/h5-9,12-13,19H,10-11H2,1-4H3. The number of rotatable bonds is 5. The largest absolute Gasteiger partial charge is 0.388 e. The maximum absolute atomic E-state index is 3.18. The summed E-state index contributed by atoms with van der Waals surface area (Å²) >= 11 is 0. The molecule has 0 spiro atoms. The van der Waals surface area contributed by atoms with Gasteiger partial charge in [-0.05, 0) is 55.2 Å². The number of hydrogen-bond acceptors (Lipinski definition) is 2. The molecular formula is C18H24N2. The molecule has 2 nitrogen and oxygen atoms in total. The SMILES string of the molecule is CNc1cccc(N(C)CCc2ccc(C)c(C)c2)c1. The minimum Gasteiger partial charge on any atom is -0.388 e. The van der Waals surface area contributed by atoms with Gasteiger partial charge in [-0.15, -0.1) is 0 Å². The van der Waals surface area contributed by atoms with E-state index in [1.807, 2.05) is 7.05 Å². The van der Waals surface area contributed by atoms with Crippen molar-refractivity contribution < 1.29 is 0 Å². The Hall–Kier alpha value is -1.96. The van der Waals surface area contributed by atoms with Crippen molar-refractivity contribution in [2.45, 2.75) is 20.3 Å². The average molecular weight is 268 g/mol. The third-order valence-electron chi connectivity index (χ3n) is 3.88. The van der Waals surface area contributed by atoms with Gasteiger partial charge in [0.2, 0.25) is 0 Å². The second-order valence-corrected chi connectivity index (χ2v) is 5.39. The molecule has 0 unspecified atom stereocenters. The van der Waals surface area contributed by atoms with Crippen LogP contribution in [-0.2, 0) is 6.42 Å². The summed E-state index contributed by atoms with van der Waals surface area (Å²) in [5, 5.41) is 3.18. The summed E-state index contributed by atoms with van der Waals surface area (Å²) in [6.07, 6.45) is 1.07. The molecule has 2 rings (SSSR count). The molecule has 0 saturated carbocycles. The van der Waals surface area contributed by atoms with Gasteiger partial charge in [0.25, 0.3) is 0 Å². The Bertz CT molecular complexity index is 575. The number of hydrogen-bond donors (Lipinski definition) is 1. The number of likely N-dealkylation sites (N-methyl/N-ethyl adjacent to an activating group) is 1. The zero-order chi connectivity index (χ0) is 14.5. The number of aryl methyl sites for hydroxylation is 2. The molecule has 2 aromatic carbocycles. The van der Waals surface area contributed by atoms with E-state index < -0.39 is 0 Å². The molecule has 106 valence electrons. The van der Waals surface area contributed by atoms with Crippen molar-refractivity contribution in [3.63, 3.8) is 0 Å². The van der Waals surface area contributed by atoms with Crippen molar-refractivity contribution in [3.05, 3.63) is 59.2 Å². The van der Waals surface area contributed by atoms with Gasteiger partial charge in [-0.25, -0.2) is 0 Å². The lowest BCUT2D eigenvalue weighted by Gasteiger charge is -2.20. The van der Waals surface area contributed by atoms with E-state index in [4.69, 9.17) is 0 Å². The van der Waals surface area contributed by atoms with Crippen LogP contribution in [0.4, 0.5) is 11.4 Å². The maximum Gasteiger partial charge on any atom is 0.0384 e. The third kappa shape index (κ3) is 3.53. The van der Waals surface area contributed by atoms with E-state index in [-0.39, 0.29) is 0 Å². The van der Waals surface area contributed by atoms with Gasteiger partial charge in [-0.3, -0.25) is 0 Å². The lowest BCUT2D eigenvalue weighted by molar-refractivity contribution is 0.875. The molecule has 0 radical (unpaired) electrons. The molecule has 0 saturated heterocycles. The Morgan fingerprint density at radius 3 is 2.50 bits per heavy atom. The van der Waals surface area contributed by atoms with Gasteiger partial charge in [-0.2, -0.15) is 0 Å². The van der Waals surface area contributed by atoms with Crippen LogP contribution in [0.1, 0.15) is 16.7 Å². The molecule has 0 aliphatic carbocycles. The molecule has 2 aromatic rings. The van der Waals surface area contributed by atoms with Crippen LogP contribution in [0, 0.1) is 13.8 Å². The second-order valence-electron chi connectivity index (χ2n) is 5.39. The van der Waals surface area contributed by atoms with Crippen LogP contribution in [0.25, 0.3) is 0 Å². The second kappa shape index (κ2) is 6.47. The van der Waals surface area contributed by atoms with Crippen LogP contribution in [0.2, 0.25) is 0 Å². The monoisotopic (exact) mass is 268 g/mol. The first-order valence-electron chi connectivity index (χ1n) is 7.15. The van der Waals surface area contributed by atoms with E-state index in [1.54, 1.807) is 0 Å². The predicted octanol–water partition coefficient (Wildman–Crippen LogP) is 4.02. The first kappa shape index (κ1) is 14.4. The summed E-state index contributed by atoms with van der Waals surface area (Å²) in [6, 6.07) is 15.3. The van der Waals surface area contributed by atoms with Crippen molar-refractivity contribution in [3.8, 4) is 0 Å². The fourth-order valence-corrected chi connectivity index (χ4v) is 2.28. The average Bonchev–Trinajstić information content (AvgIpc) is 2.48. The lowest BCUT2D eigenvalue weighted by atomic mass is 10.0. The summed E-state index contributed by atoms with van der Waals surface area (Å²) in [6.45, 7) is 5.36. The van der Waals surface area contributed by atoms with Crippen molar-refractivity contribution in [1.82, 2.24) is 0 Å². The Morgan fingerprint density at radius 1 is 1.00 bits per heavy atom. The minimum absolute atomic E-state index is 1.02. The molecule has 0 fully saturated rings. The highest BCUT2D eigenvalue weighted by Crippen LogP contribution is 2.18. The Labute approximate surface area is 122 Å². The quantitative estimate of drug-likeness (QED) is 0.881. The number of benzene rings is 2. The molecule has 0 amide bonds. The summed E-state index contributed by atoms with van der Waals surface area (Å²) in [4.78, 5) is 2.30. The molecule has 2 heteroatoms.